The molecule has 1 aliphatic rings. The molecule has 2 aromatic carbocycles. The fraction of sp³-hybridized carbons (Fsp3) is 0.381. The van der Waals surface area contributed by atoms with Crippen LogP contribution in [-0.2, 0) is 11.3 Å². The number of nitrogens with zero attached hydrogens (tertiary/aromatic N) is 2. The molecule has 1 unspecified atom stereocenters. The maximum Gasteiger partial charge on any atom is 0.410 e. The van der Waals surface area contributed by atoms with Crippen LogP contribution in [0.1, 0.15) is 30.0 Å². The lowest BCUT2D eigenvalue weighted by atomic mass is 10.1. The summed E-state index contributed by atoms with van der Waals surface area (Å²) in [6.45, 7) is 3.06. The van der Waals surface area contributed by atoms with E-state index in [1.165, 1.54) is 12.8 Å². The molecule has 3 rings (SSSR count). The Labute approximate surface area is 170 Å². The van der Waals surface area contributed by atoms with Crippen molar-refractivity contribution >= 4 is 29.3 Å². The zero-order valence-corrected chi connectivity index (χ0v) is 16.9. The number of ether oxygens (including phenoxy) is 1. The molecule has 1 heterocycles. The van der Waals surface area contributed by atoms with Crippen molar-refractivity contribution in [3.63, 3.8) is 0 Å². The molecule has 2 aromatic rings. The highest BCUT2D eigenvalue weighted by Crippen LogP contribution is 2.29. The van der Waals surface area contributed by atoms with E-state index in [4.69, 9.17) is 27.9 Å². The number of halogens is 2. The Morgan fingerprint density at radius 2 is 1.74 bits per heavy atom. The van der Waals surface area contributed by atoms with Gasteiger partial charge in [0.05, 0.1) is 6.04 Å². The summed E-state index contributed by atoms with van der Waals surface area (Å²) in [5.74, 6) is 0. The summed E-state index contributed by atoms with van der Waals surface area (Å²) in [6, 6.07) is 14.9. The predicted molar refractivity (Wildman–Crippen MR) is 109 cm³/mol. The first-order chi connectivity index (χ1) is 13.0. The number of hydrogen-bond donors (Lipinski definition) is 0. The van der Waals surface area contributed by atoms with Crippen LogP contribution >= 0.6 is 23.2 Å². The van der Waals surface area contributed by atoms with Gasteiger partial charge in [-0.05, 0) is 55.3 Å². The van der Waals surface area contributed by atoms with Crippen molar-refractivity contribution in [1.82, 2.24) is 9.80 Å². The highest BCUT2D eigenvalue weighted by molar-refractivity contribution is 6.34. The lowest BCUT2D eigenvalue weighted by molar-refractivity contribution is 0.0834. The molecule has 6 heteroatoms. The molecule has 0 aromatic heterocycles. The summed E-state index contributed by atoms with van der Waals surface area (Å²) >= 11 is 12.4. The number of amides is 1. The summed E-state index contributed by atoms with van der Waals surface area (Å²) < 4.78 is 5.52. The highest BCUT2D eigenvalue weighted by atomic mass is 35.5. The van der Waals surface area contributed by atoms with Crippen molar-refractivity contribution in [3.8, 4) is 0 Å². The van der Waals surface area contributed by atoms with E-state index in [9.17, 15) is 4.79 Å². The largest absolute Gasteiger partial charge is 0.445 e. The van der Waals surface area contributed by atoms with Crippen LogP contribution in [0.3, 0.4) is 0 Å². The van der Waals surface area contributed by atoms with Gasteiger partial charge in [-0.3, -0.25) is 0 Å². The van der Waals surface area contributed by atoms with Crippen LogP contribution in [0.2, 0.25) is 10.0 Å². The third-order valence-corrected chi connectivity index (χ3v) is 5.30. The lowest BCUT2D eigenvalue weighted by Gasteiger charge is -2.31. The molecule has 0 N–H and O–H groups in total. The third-order valence-electron chi connectivity index (χ3n) is 4.86. The van der Waals surface area contributed by atoms with E-state index in [1.54, 1.807) is 18.0 Å². The molecule has 0 saturated carbocycles. The van der Waals surface area contributed by atoms with E-state index in [-0.39, 0.29) is 18.7 Å². The number of benzene rings is 2. The second kappa shape index (κ2) is 9.45. The number of hydrogen-bond acceptors (Lipinski definition) is 3. The number of likely N-dealkylation sites (tertiary alicyclic amines) is 1. The first-order valence-corrected chi connectivity index (χ1v) is 9.90. The van der Waals surface area contributed by atoms with Crippen LogP contribution in [0.5, 0.6) is 0 Å². The number of rotatable bonds is 6. The quantitative estimate of drug-likeness (QED) is 0.643. The Morgan fingerprint density at radius 3 is 2.37 bits per heavy atom. The Hall–Kier alpha value is -1.75. The standard InChI is InChI=1S/C21H24Cl2N2O2/c1-24(21(26)27-15-16-7-3-2-4-8-16)20(14-25-9-5-6-10-25)17-11-18(22)13-19(23)12-17/h2-4,7-8,11-13,20H,5-6,9-10,14-15H2,1H3. The average molecular weight is 407 g/mol. The summed E-state index contributed by atoms with van der Waals surface area (Å²) in [6.07, 6.45) is 2.01. The van der Waals surface area contributed by atoms with E-state index >= 15 is 0 Å². The summed E-state index contributed by atoms with van der Waals surface area (Å²) in [7, 11) is 1.77. The number of carbonyl (C=O) groups excluding carboxylic acids is 1. The van der Waals surface area contributed by atoms with Gasteiger partial charge in [-0.1, -0.05) is 53.5 Å². The minimum Gasteiger partial charge on any atom is -0.445 e. The molecule has 1 atom stereocenters. The normalized spacial score (nSPS) is 15.5. The summed E-state index contributed by atoms with van der Waals surface area (Å²) in [5, 5.41) is 1.13. The maximum atomic E-state index is 12.7. The van der Waals surface area contributed by atoms with Gasteiger partial charge in [0.25, 0.3) is 0 Å². The summed E-state index contributed by atoms with van der Waals surface area (Å²) in [4.78, 5) is 16.7. The average Bonchev–Trinajstić information content (AvgIpc) is 3.17. The van der Waals surface area contributed by atoms with Crippen molar-refractivity contribution in [2.24, 2.45) is 0 Å². The first kappa shape index (κ1) is 20.0. The molecule has 0 radical (unpaired) electrons. The highest BCUT2D eigenvalue weighted by Gasteiger charge is 2.27. The fourth-order valence-corrected chi connectivity index (χ4v) is 3.92. The van der Waals surface area contributed by atoms with E-state index in [0.717, 1.165) is 30.8 Å². The van der Waals surface area contributed by atoms with Gasteiger partial charge in [0.15, 0.2) is 0 Å². The molecule has 0 spiro atoms. The van der Waals surface area contributed by atoms with E-state index in [2.05, 4.69) is 4.90 Å². The topological polar surface area (TPSA) is 32.8 Å². The van der Waals surface area contributed by atoms with Gasteiger partial charge in [0.1, 0.15) is 6.61 Å². The van der Waals surface area contributed by atoms with E-state index < -0.39 is 0 Å². The van der Waals surface area contributed by atoms with Gasteiger partial charge in [-0.25, -0.2) is 4.79 Å². The predicted octanol–water partition coefficient (Wildman–Crippen LogP) is 5.40. The molecule has 1 aliphatic heterocycles. The number of carbonyl (C=O) groups is 1. The second-order valence-electron chi connectivity index (χ2n) is 6.88. The molecule has 27 heavy (non-hydrogen) atoms. The lowest BCUT2D eigenvalue weighted by Crippen LogP contribution is -2.38. The summed E-state index contributed by atoms with van der Waals surface area (Å²) in [5.41, 5.74) is 1.87. The Kier molecular flexibility index (Phi) is 7.00. The monoisotopic (exact) mass is 406 g/mol. The van der Waals surface area contributed by atoms with Crippen LogP contribution in [-0.4, -0.2) is 42.6 Å². The zero-order chi connectivity index (χ0) is 19.2. The molecule has 0 aliphatic carbocycles. The Morgan fingerprint density at radius 1 is 1.11 bits per heavy atom. The van der Waals surface area contributed by atoms with Crippen LogP contribution in [0, 0.1) is 0 Å². The van der Waals surface area contributed by atoms with Gasteiger partial charge >= 0.3 is 6.09 Å². The van der Waals surface area contributed by atoms with Gasteiger partial charge in [0, 0.05) is 23.6 Å². The molecular weight excluding hydrogens is 383 g/mol. The maximum absolute atomic E-state index is 12.7. The van der Waals surface area contributed by atoms with Gasteiger partial charge in [-0.2, -0.15) is 0 Å². The molecule has 4 nitrogen and oxygen atoms in total. The van der Waals surface area contributed by atoms with E-state index in [1.807, 2.05) is 42.5 Å². The van der Waals surface area contributed by atoms with Crippen LogP contribution < -0.4 is 0 Å². The fourth-order valence-electron chi connectivity index (χ4n) is 3.38. The minimum atomic E-state index is -0.362. The number of likely N-dealkylation sites (N-methyl/N-ethyl adjacent to an activating group) is 1. The van der Waals surface area contributed by atoms with Gasteiger partial charge in [-0.15, -0.1) is 0 Å². The molecule has 1 saturated heterocycles. The van der Waals surface area contributed by atoms with Gasteiger partial charge < -0.3 is 14.5 Å². The van der Waals surface area contributed by atoms with Crippen molar-refractivity contribution in [3.05, 3.63) is 69.7 Å². The van der Waals surface area contributed by atoms with Crippen molar-refractivity contribution in [1.29, 1.82) is 0 Å². The van der Waals surface area contributed by atoms with Crippen molar-refractivity contribution in [2.75, 3.05) is 26.7 Å². The zero-order valence-electron chi connectivity index (χ0n) is 15.4. The molecule has 0 bridgehead atoms. The molecule has 144 valence electrons. The minimum absolute atomic E-state index is 0.178. The first-order valence-electron chi connectivity index (χ1n) is 9.15. The van der Waals surface area contributed by atoms with Crippen LogP contribution in [0.25, 0.3) is 0 Å². The Balaban J connectivity index is 1.74. The second-order valence-corrected chi connectivity index (χ2v) is 7.75. The van der Waals surface area contributed by atoms with Crippen LogP contribution in [0.4, 0.5) is 4.79 Å². The van der Waals surface area contributed by atoms with E-state index in [0.29, 0.717) is 10.0 Å². The SMILES string of the molecule is CN(C(=O)OCc1ccccc1)C(CN1CCCC1)c1cc(Cl)cc(Cl)c1. The third kappa shape index (κ3) is 5.61. The Bertz CT molecular complexity index is 744. The van der Waals surface area contributed by atoms with Crippen molar-refractivity contribution < 1.29 is 9.53 Å². The van der Waals surface area contributed by atoms with Crippen molar-refractivity contribution in [2.45, 2.75) is 25.5 Å². The molecule has 1 amide bonds. The molecular formula is C21H24Cl2N2O2. The molecule has 1 fully saturated rings. The van der Waals surface area contributed by atoms with Gasteiger partial charge in [0.2, 0.25) is 0 Å². The van der Waals surface area contributed by atoms with Crippen LogP contribution in [0.15, 0.2) is 48.5 Å². The smallest absolute Gasteiger partial charge is 0.410 e.